The summed E-state index contributed by atoms with van der Waals surface area (Å²) in [5.41, 5.74) is 0. The van der Waals surface area contributed by atoms with Crippen LogP contribution in [0.1, 0.15) is 25.6 Å². The summed E-state index contributed by atoms with van der Waals surface area (Å²) in [5.74, 6) is 1.98. The van der Waals surface area contributed by atoms with Crippen LogP contribution in [-0.2, 0) is 13.5 Å². The van der Waals surface area contributed by atoms with Gasteiger partial charge in [0.15, 0.2) is 0 Å². The second-order valence-electron chi connectivity index (χ2n) is 4.19. The Kier molecular flexibility index (Phi) is 2.82. The summed E-state index contributed by atoms with van der Waals surface area (Å²) < 4.78 is 1.98. The summed E-state index contributed by atoms with van der Waals surface area (Å²) in [6, 6.07) is 0.670. The summed E-state index contributed by atoms with van der Waals surface area (Å²) in [6.45, 7) is 3.28. The molecular formula is C10H18N4. The Bertz CT molecular complexity index is 290. The van der Waals surface area contributed by atoms with Crippen molar-refractivity contribution in [3.63, 3.8) is 0 Å². The first-order valence-corrected chi connectivity index (χ1v) is 5.33. The lowest BCUT2D eigenvalue weighted by atomic mass is 10.2. The number of nitrogens with one attached hydrogen (secondary N) is 1. The maximum Gasteiger partial charge on any atom is 0.133 e. The third-order valence-corrected chi connectivity index (χ3v) is 2.95. The van der Waals surface area contributed by atoms with Gasteiger partial charge < -0.3 is 9.88 Å². The van der Waals surface area contributed by atoms with E-state index in [1.54, 1.807) is 6.33 Å². The van der Waals surface area contributed by atoms with E-state index in [0.717, 1.165) is 24.7 Å². The Hall–Kier alpha value is -0.900. The van der Waals surface area contributed by atoms with Gasteiger partial charge in [-0.15, -0.1) is 10.2 Å². The standard InChI is InChI=1S/C10H18N4/c1-8(9-3-4-9)11-6-5-10-13-12-7-14(10)2/h7-9,11H,3-6H2,1-2H3. The molecule has 1 aliphatic rings. The van der Waals surface area contributed by atoms with Crippen molar-refractivity contribution in [2.75, 3.05) is 6.54 Å². The number of nitrogens with zero attached hydrogens (tertiary/aromatic N) is 3. The highest BCUT2D eigenvalue weighted by Crippen LogP contribution is 2.32. The molecule has 4 nitrogen and oxygen atoms in total. The molecule has 0 aromatic carbocycles. The SMILES string of the molecule is CC(NCCc1nncn1C)C1CC1. The number of hydrogen-bond donors (Lipinski definition) is 1. The number of hydrogen-bond acceptors (Lipinski definition) is 3. The zero-order chi connectivity index (χ0) is 9.97. The van der Waals surface area contributed by atoms with Crippen molar-refractivity contribution >= 4 is 0 Å². The Morgan fingerprint density at radius 1 is 1.64 bits per heavy atom. The smallest absolute Gasteiger partial charge is 0.133 e. The Morgan fingerprint density at radius 2 is 2.43 bits per heavy atom. The minimum Gasteiger partial charge on any atom is -0.321 e. The molecule has 1 aliphatic carbocycles. The number of aromatic nitrogens is 3. The van der Waals surface area contributed by atoms with Gasteiger partial charge in [0.25, 0.3) is 0 Å². The molecule has 0 spiro atoms. The topological polar surface area (TPSA) is 42.7 Å². The number of aryl methyl sites for hydroxylation is 1. The van der Waals surface area contributed by atoms with Crippen LogP contribution in [0.3, 0.4) is 0 Å². The normalized spacial score (nSPS) is 18.4. The first kappa shape index (κ1) is 9.65. The van der Waals surface area contributed by atoms with Gasteiger partial charge in [0.1, 0.15) is 12.2 Å². The first-order valence-electron chi connectivity index (χ1n) is 5.33. The first-order chi connectivity index (χ1) is 6.77. The number of rotatable bonds is 5. The highest BCUT2D eigenvalue weighted by Gasteiger charge is 2.27. The van der Waals surface area contributed by atoms with Crippen molar-refractivity contribution in [2.45, 2.75) is 32.2 Å². The van der Waals surface area contributed by atoms with Crippen molar-refractivity contribution in [3.8, 4) is 0 Å². The lowest BCUT2D eigenvalue weighted by Gasteiger charge is -2.11. The molecule has 0 amide bonds. The molecule has 14 heavy (non-hydrogen) atoms. The predicted molar refractivity (Wildman–Crippen MR) is 54.9 cm³/mol. The maximum absolute atomic E-state index is 4.05. The molecule has 0 radical (unpaired) electrons. The van der Waals surface area contributed by atoms with Crippen LogP contribution < -0.4 is 5.32 Å². The van der Waals surface area contributed by atoms with Crippen molar-refractivity contribution in [2.24, 2.45) is 13.0 Å². The zero-order valence-electron chi connectivity index (χ0n) is 8.90. The quantitative estimate of drug-likeness (QED) is 0.752. The average Bonchev–Trinajstić information content (AvgIpc) is 2.93. The van der Waals surface area contributed by atoms with Gasteiger partial charge in [-0.1, -0.05) is 0 Å². The van der Waals surface area contributed by atoms with E-state index in [4.69, 9.17) is 0 Å². The molecule has 78 valence electrons. The van der Waals surface area contributed by atoms with Crippen LogP contribution in [0.2, 0.25) is 0 Å². The molecule has 2 rings (SSSR count). The van der Waals surface area contributed by atoms with Crippen LogP contribution in [0.25, 0.3) is 0 Å². The van der Waals surface area contributed by atoms with E-state index in [0.29, 0.717) is 6.04 Å². The van der Waals surface area contributed by atoms with E-state index < -0.39 is 0 Å². The van der Waals surface area contributed by atoms with Gasteiger partial charge in [-0.3, -0.25) is 0 Å². The van der Waals surface area contributed by atoms with Gasteiger partial charge >= 0.3 is 0 Å². The van der Waals surface area contributed by atoms with E-state index in [1.807, 2.05) is 11.6 Å². The molecule has 1 heterocycles. The fourth-order valence-electron chi connectivity index (χ4n) is 1.71. The van der Waals surface area contributed by atoms with Crippen molar-refractivity contribution in [1.82, 2.24) is 20.1 Å². The second-order valence-corrected chi connectivity index (χ2v) is 4.19. The lowest BCUT2D eigenvalue weighted by molar-refractivity contribution is 0.494. The third kappa shape index (κ3) is 2.32. The Labute approximate surface area is 84.7 Å². The highest BCUT2D eigenvalue weighted by molar-refractivity contribution is 4.87. The van der Waals surface area contributed by atoms with Gasteiger partial charge in [-0.05, 0) is 25.7 Å². The van der Waals surface area contributed by atoms with Gasteiger partial charge in [0.2, 0.25) is 0 Å². The summed E-state index contributed by atoms with van der Waals surface area (Å²) in [7, 11) is 1.99. The summed E-state index contributed by atoms with van der Waals surface area (Å²) in [5, 5.41) is 11.4. The van der Waals surface area contributed by atoms with Crippen molar-refractivity contribution in [3.05, 3.63) is 12.2 Å². The van der Waals surface area contributed by atoms with Crippen LogP contribution in [0.5, 0.6) is 0 Å². The minimum absolute atomic E-state index is 0.670. The Morgan fingerprint density at radius 3 is 3.00 bits per heavy atom. The fraction of sp³-hybridized carbons (Fsp3) is 0.800. The van der Waals surface area contributed by atoms with Crippen LogP contribution in [0, 0.1) is 5.92 Å². The summed E-state index contributed by atoms with van der Waals surface area (Å²) in [4.78, 5) is 0. The predicted octanol–water partition coefficient (Wildman–Crippen LogP) is 0.746. The highest BCUT2D eigenvalue weighted by atomic mass is 15.2. The average molecular weight is 194 g/mol. The molecule has 1 N–H and O–H groups in total. The molecule has 1 aromatic rings. The van der Waals surface area contributed by atoms with Gasteiger partial charge in [0, 0.05) is 26.1 Å². The molecule has 0 aliphatic heterocycles. The van der Waals surface area contributed by atoms with Crippen LogP contribution >= 0.6 is 0 Å². The monoisotopic (exact) mass is 194 g/mol. The molecule has 4 heteroatoms. The van der Waals surface area contributed by atoms with Gasteiger partial charge in [-0.25, -0.2) is 0 Å². The minimum atomic E-state index is 0.670. The lowest BCUT2D eigenvalue weighted by Crippen LogP contribution is -2.30. The van der Waals surface area contributed by atoms with Gasteiger partial charge in [-0.2, -0.15) is 0 Å². The Balaban J connectivity index is 1.69. The molecule has 1 saturated carbocycles. The van der Waals surface area contributed by atoms with E-state index in [9.17, 15) is 0 Å². The summed E-state index contributed by atoms with van der Waals surface area (Å²) >= 11 is 0. The molecule has 1 atom stereocenters. The van der Waals surface area contributed by atoms with Crippen molar-refractivity contribution in [1.29, 1.82) is 0 Å². The molecular weight excluding hydrogens is 176 g/mol. The third-order valence-electron chi connectivity index (χ3n) is 2.95. The van der Waals surface area contributed by atoms with E-state index >= 15 is 0 Å². The van der Waals surface area contributed by atoms with E-state index in [1.165, 1.54) is 12.8 Å². The summed E-state index contributed by atoms with van der Waals surface area (Å²) in [6.07, 6.45) is 5.52. The van der Waals surface area contributed by atoms with Crippen LogP contribution in [0.4, 0.5) is 0 Å². The van der Waals surface area contributed by atoms with Crippen molar-refractivity contribution < 1.29 is 0 Å². The molecule has 1 aromatic heterocycles. The fourth-order valence-corrected chi connectivity index (χ4v) is 1.71. The van der Waals surface area contributed by atoms with E-state index in [-0.39, 0.29) is 0 Å². The maximum atomic E-state index is 4.05. The second kappa shape index (κ2) is 4.09. The molecule has 1 fully saturated rings. The largest absolute Gasteiger partial charge is 0.321 e. The van der Waals surface area contributed by atoms with Gasteiger partial charge in [0.05, 0.1) is 0 Å². The molecule has 0 saturated heterocycles. The van der Waals surface area contributed by atoms with E-state index in [2.05, 4.69) is 22.4 Å². The van der Waals surface area contributed by atoms with Crippen LogP contribution in [0.15, 0.2) is 6.33 Å². The zero-order valence-corrected chi connectivity index (χ0v) is 8.90. The van der Waals surface area contributed by atoms with Crippen LogP contribution in [-0.4, -0.2) is 27.4 Å². The molecule has 0 bridgehead atoms. The molecule has 1 unspecified atom stereocenters.